The van der Waals surface area contributed by atoms with Crippen molar-refractivity contribution in [2.45, 2.75) is 44.6 Å². The highest BCUT2D eigenvalue weighted by atomic mass is 35.5. The number of carbonyl (C=O) groups excluding carboxylic acids is 2. The van der Waals surface area contributed by atoms with Crippen LogP contribution >= 0.6 is 22.9 Å². The lowest BCUT2D eigenvalue weighted by Crippen LogP contribution is -2.54. The molecule has 7 heteroatoms. The van der Waals surface area contributed by atoms with Crippen molar-refractivity contribution in [3.8, 4) is 10.8 Å². The molecular weight excluding hydrogens is 420 g/mol. The summed E-state index contributed by atoms with van der Waals surface area (Å²) in [5.41, 5.74) is 0.248. The smallest absolute Gasteiger partial charge is 0.236 e. The number of oxazole rings is 1. The van der Waals surface area contributed by atoms with Crippen molar-refractivity contribution >= 4 is 34.6 Å². The van der Waals surface area contributed by atoms with Crippen LogP contribution in [0.4, 0.5) is 0 Å². The Morgan fingerprint density at radius 3 is 2.77 bits per heavy atom. The second kappa shape index (κ2) is 8.36. The van der Waals surface area contributed by atoms with E-state index in [1.807, 2.05) is 42.6 Å². The van der Waals surface area contributed by atoms with Crippen LogP contribution in [0.5, 0.6) is 0 Å². The minimum Gasteiger partial charge on any atom is -0.440 e. The van der Waals surface area contributed by atoms with Gasteiger partial charge in [-0.15, -0.1) is 11.3 Å². The number of hydrogen-bond acceptors (Lipinski definition) is 5. The average molecular weight is 443 g/mol. The van der Waals surface area contributed by atoms with Gasteiger partial charge in [-0.25, -0.2) is 4.98 Å². The minimum absolute atomic E-state index is 0.0360. The van der Waals surface area contributed by atoms with E-state index >= 15 is 0 Å². The van der Waals surface area contributed by atoms with Crippen molar-refractivity contribution in [3.63, 3.8) is 0 Å². The van der Waals surface area contributed by atoms with Gasteiger partial charge >= 0.3 is 0 Å². The summed E-state index contributed by atoms with van der Waals surface area (Å²) in [5.74, 6) is 0.984. The predicted molar refractivity (Wildman–Crippen MR) is 118 cm³/mol. The SMILES string of the molecule is Cc1oc(-c2cccs2)nc1CC(=O)N(C)C1(c2ccccc2Cl)CCCCC1=O. The highest BCUT2D eigenvalue weighted by Crippen LogP contribution is 2.42. The molecule has 1 atom stereocenters. The molecule has 0 saturated heterocycles. The number of thiophene rings is 1. The van der Waals surface area contributed by atoms with Crippen molar-refractivity contribution in [2.24, 2.45) is 0 Å². The first kappa shape index (κ1) is 20.8. The lowest BCUT2D eigenvalue weighted by atomic mass is 9.74. The Kier molecular flexibility index (Phi) is 5.80. The fourth-order valence-corrected chi connectivity index (χ4v) is 5.14. The van der Waals surface area contributed by atoms with Crippen LogP contribution in [-0.4, -0.2) is 28.6 Å². The molecule has 0 bridgehead atoms. The number of amides is 1. The van der Waals surface area contributed by atoms with E-state index < -0.39 is 5.54 Å². The van der Waals surface area contributed by atoms with Gasteiger partial charge in [0, 0.05) is 24.1 Å². The van der Waals surface area contributed by atoms with Crippen LogP contribution in [0.2, 0.25) is 5.02 Å². The summed E-state index contributed by atoms with van der Waals surface area (Å²) in [6, 6.07) is 11.2. The summed E-state index contributed by atoms with van der Waals surface area (Å²) in [7, 11) is 1.70. The summed E-state index contributed by atoms with van der Waals surface area (Å²) < 4.78 is 5.78. The molecule has 0 N–H and O–H groups in total. The normalized spacial score (nSPS) is 19.1. The molecule has 1 aliphatic carbocycles. The van der Waals surface area contributed by atoms with Crippen molar-refractivity contribution in [2.75, 3.05) is 7.05 Å². The van der Waals surface area contributed by atoms with Crippen LogP contribution in [0.15, 0.2) is 46.2 Å². The molecule has 0 aliphatic heterocycles. The van der Waals surface area contributed by atoms with E-state index in [2.05, 4.69) is 4.98 Å². The fourth-order valence-electron chi connectivity index (χ4n) is 4.20. The second-order valence-electron chi connectivity index (χ2n) is 7.60. The zero-order chi connectivity index (χ0) is 21.3. The number of hydrogen-bond donors (Lipinski definition) is 0. The van der Waals surface area contributed by atoms with Crippen molar-refractivity contribution in [3.05, 3.63) is 63.8 Å². The maximum absolute atomic E-state index is 13.3. The quantitative estimate of drug-likeness (QED) is 0.530. The van der Waals surface area contributed by atoms with Gasteiger partial charge in [-0.3, -0.25) is 9.59 Å². The number of rotatable bonds is 5. The first-order valence-corrected chi connectivity index (χ1v) is 11.2. The Morgan fingerprint density at radius 2 is 2.07 bits per heavy atom. The van der Waals surface area contributed by atoms with E-state index in [1.54, 1.807) is 18.0 Å². The fraction of sp³-hybridized carbons (Fsp3) is 0.348. The van der Waals surface area contributed by atoms with Gasteiger partial charge in [-0.1, -0.05) is 35.9 Å². The van der Waals surface area contributed by atoms with Crippen molar-refractivity contribution < 1.29 is 14.0 Å². The van der Waals surface area contributed by atoms with Crippen LogP contribution in [-0.2, 0) is 21.5 Å². The number of carbonyl (C=O) groups is 2. The van der Waals surface area contributed by atoms with Crippen LogP contribution in [0.3, 0.4) is 0 Å². The number of benzene rings is 1. The third-order valence-electron chi connectivity index (χ3n) is 5.86. The third-order valence-corrected chi connectivity index (χ3v) is 7.05. The molecule has 30 heavy (non-hydrogen) atoms. The molecular formula is C23H23ClN2O3S. The van der Waals surface area contributed by atoms with Gasteiger partial charge in [0.2, 0.25) is 11.8 Å². The maximum Gasteiger partial charge on any atom is 0.236 e. The molecule has 0 radical (unpaired) electrons. The highest BCUT2D eigenvalue weighted by Gasteiger charge is 2.47. The Morgan fingerprint density at radius 1 is 1.27 bits per heavy atom. The molecule has 1 aromatic carbocycles. The molecule has 5 nitrogen and oxygen atoms in total. The van der Waals surface area contributed by atoms with E-state index in [4.69, 9.17) is 16.0 Å². The Hall–Kier alpha value is -2.44. The van der Waals surface area contributed by atoms with Crippen molar-refractivity contribution in [1.29, 1.82) is 0 Å². The molecule has 1 aliphatic rings. The lowest BCUT2D eigenvalue weighted by molar-refractivity contribution is -0.147. The maximum atomic E-state index is 13.3. The van der Waals surface area contributed by atoms with Crippen LogP contribution in [0, 0.1) is 6.92 Å². The van der Waals surface area contributed by atoms with Gasteiger partial charge in [0.1, 0.15) is 11.3 Å². The van der Waals surface area contributed by atoms with E-state index in [9.17, 15) is 9.59 Å². The summed E-state index contributed by atoms with van der Waals surface area (Å²) in [6.07, 6.45) is 2.76. The monoisotopic (exact) mass is 442 g/mol. The molecule has 0 spiro atoms. The second-order valence-corrected chi connectivity index (χ2v) is 8.95. The molecule has 1 unspecified atom stereocenters. The molecule has 156 valence electrons. The molecule has 1 fully saturated rings. The zero-order valence-electron chi connectivity index (χ0n) is 17.0. The number of halogens is 1. The minimum atomic E-state index is -1.04. The van der Waals surface area contributed by atoms with Gasteiger partial charge in [-0.2, -0.15) is 0 Å². The van der Waals surface area contributed by atoms with Crippen LogP contribution in [0.1, 0.15) is 42.7 Å². The number of aromatic nitrogens is 1. The van der Waals surface area contributed by atoms with E-state index in [-0.39, 0.29) is 18.1 Å². The number of aryl methyl sites for hydroxylation is 1. The first-order chi connectivity index (χ1) is 14.4. The lowest BCUT2D eigenvalue weighted by Gasteiger charge is -2.44. The summed E-state index contributed by atoms with van der Waals surface area (Å²) >= 11 is 8.02. The molecule has 1 saturated carbocycles. The van der Waals surface area contributed by atoms with Crippen LogP contribution < -0.4 is 0 Å². The van der Waals surface area contributed by atoms with E-state index in [1.165, 1.54) is 11.3 Å². The summed E-state index contributed by atoms with van der Waals surface area (Å²) in [4.78, 5) is 33.6. The first-order valence-electron chi connectivity index (χ1n) is 9.98. The molecule has 2 heterocycles. The van der Waals surface area contributed by atoms with Gasteiger partial charge < -0.3 is 9.32 Å². The number of nitrogens with zero attached hydrogens (tertiary/aromatic N) is 2. The predicted octanol–water partition coefficient (Wildman–Crippen LogP) is 5.40. The van der Waals surface area contributed by atoms with Gasteiger partial charge in [0.15, 0.2) is 5.78 Å². The average Bonchev–Trinajstić information content (AvgIpc) is 3.39. The molecule has 2 aromatic heterocycles. The van der Waals surface area contributed by atoms with Crippen molar-refractivity contribution in [1.82, 2.24) is 9.88 Å². The van der Waals surface area contributed by atoms with E-state index in [0.717, 1.165) is 17.7 Å². The van der Waals surface area contributed by atoms with Gasteiger partial charge in [0.05, 0.1) is 17.0 Å². The largest absolute Gasteiger partial charge is 0.440 e. The van der Waals surface area contributed by atoms with Crippen LogP contribution in [0.25, 0.3) is 10.8 Å². The Labute approximate surface area is 184 Å². The van der Waals surface area contributed by atoms with Gasteiger partial charge in [0.25, 0.3) is 0 Å². The standard InChI is InChI=1S/C23H23ClN2O3S/c1-15-18(25-22(29-15)19-10-7-13-30-19)14-21(28)26(2)23(12-6-5-11-20(23)27)16-8-3-4-9-17(16)24/h3-4,7-10,13H,5-6,11-12,14H2,1-2H3. The number of Topliss-reactive ketones (excluding diaryl/α,β-unsaturated/α-hetero) is 1. The highest BCUT2D eigenvalue weighted by molar-refractivity contribution is 7.13. The summed E-state index contributed by atoms with van der Waals surface area (Å²) in [5, 5.41) is 2.46. The third kappa shape index (κ3) is 3.59. The Bertz CT molecular complexity index is 1080. The van der Waals surface area contributed by atoms with E-state index in [0.29, 0.717) is 40.8 Å². The Balaban J connectivity index is 1.66. The molecule has 1 amide bonds. The molecule has 3 aromatic rings. The topological polar surface area (TPSA) is 63.4 Å². The molecule has 4 rings (SSSR count). The number of likely N-dealkylation sites (N-methyl/N-ethyl adjacent to an activating group) is 1. The zero-order valence-corrected chi connectivity index (χ0v) is 18.6. The number of ketones is 1. The van der Waals surface area contributed by atoms with Gasteiger partial charge in [-0.05, 0) is 43.7 Å². The summed E-state index contributed by atoms with van der Waals surface area (Å²) in [6.45, 7) is 1.81.